The molecule has 1 fully saturated rings. The Bertz CT molecular complexity index is 435. The van der Waals surface area contributed by atoms with Gasteiger partial charge in [-0.15, -0.1) is 0 Å². The van der Waals surface area contributed by atoms with Crippen molar-refractivity contribution in [3.8, 4) is 0 Å². The zero-order valence-corrected chi connectivity index (χ0v) is 12.4. The molecule has 0 aromatic heterocycles. The van der Waals surface area contributed by atoms with Crippen molar-refractivity contribution in [3.63, 3.8) is 0 Å². The SMILES string of the molecule is CN(C(=O)c1ccc(F)cc1I)C1CCSC1. The number of rotatable bonds is 2. The highest BCUT2D eigenvalue weighted by molar-refractivity contribution is 14.1. The molecule has 0 aliphatic carbocycles. The normalized spacial score (nSPS) is 19.4. The van der Waals surface area contributed by atoms with Crippen molar-refractivity contribution >= 4 is 40.3 Å². The Morgan fingerprint density at radius 3 is 2.94 bits per heavy atom. The van der Waals surface area contributed by atoms with Gasteiger partial charge in [-0.05, 0) is 53.0 Å². The lowest BCUT2D eigenvalue weighted by molar-refractivity contribution is 0.0746. The topological polar surface area (TPSA) is 20.3 Å². The van der Waals surface area contributed by atoms with Crippen molar-refractivity contribution in [3.05, 3.63) is 33.1 Å². The summed E-state index contributed by atoms with van der Waals surface area (Å²) in [7, 11) is 1.83. The lowest BCUT2D eigenvalue weighted by Crippen LogP contribution is -2.37. The fourth-order valence-electron chi connectivity index (χ4n) is 1.85. The highest BCUT2D eigenvalue weighted by Gasteiger charge is 2.25. The molecular weight excluding hydrogens is 352 g/mol. The Kier molecular flexibility index (Phi) is 4.30. The van der Waals surface area contributed by atoms with Gasteiger partial charge in [-0.1, -0.05) is 0 Å². The molecule has 1 heterocycles. The van der Waals surface area contributed by atoms with Gasteiger partial charge in [-0.25, -0.2) is 4.39 Å². The molecule has 2 rings (SSSR count). The van der Waals surface area contributed by atoms with Gasteiger partial charge in [-0.3, -0.25) is 4.79 Å². The van der Waals surface area contributed by atoms with E-state index in [1.54, 1.807) is 11.0 Å². The lowest BCUT2D eigenvalue weighted by atomic mass is 10.1. The van der Waals surface area contributed by atoms with E-state index < -0.39 is 0 Å². The third kappa shape index (κ3) is 2.93. The van der Waals surface area contributed by atoms with Crippen molar-refractivity contribution in [2.24, 2.45) is 0 Å². The van der Waals surface area contributed by atoms with Crippen molar-refractivity contribution < 1.29 is 9.18 Å². The molecule has 0 spiro atoms. The first-order chi connectivity index (χ1) is 8.09. The number of thioether (sulfide) groups is 1. The average Bonchev–Trinajstić information content (AvgIpc) is 2.80. The van der Waals surface area contributed by atoms with Crippen LogP contribution in [-0.4, -0.2) is 35.4 Å². The first kappa shape index (κ1) is 13.1. The van der Waals surface area contributed by atoms with E-state index in [4.69, 9.17) is 0 Å². The maximum atomic E-state index is 13.0. The summed E-state index contributed by atoms with van der Waals surface area (Å²) >= 11 is 3.88. The van der Waals surface area contributed by atoms with E-state index in [0.29, 0.717) is 15.2 Å². The van der Waals surface area contributed by atoms with Crippen LogP contribution in [0.25, 0.3) is 0 Å². The van der Waals surface area contributed by atoms with Crippen molar-refractivity contribution in [1.29, 1.82) is 0 Å². The highest BCUT2D eigenvalue weighted by Crippen LogP contribution is 2.24. The van der Waals surface area contributed by atoms with Crippen LogP contribution in [0.4, 0.5) is 4.39 Å². The third-order valence-corrected chi connectivity index (χ3v) is 4.97. The molecule has 1 saturated heterocycles. The largest absolute Gasteiger partial charge is 0.338 e. The van der Waals surface area contributed by atoms with E-state index in [9.17, 15) is 9.18 Å². The van der Waals surface area contributed by atoms with E-state index >= 15 is 0 Å². The second-order valence-electron chi connectivity index (χ2n) is 4.06. The van der Waals surface area contributed by atoms with Crippen LogP contribution in [-0.2, 0) is 0 Å². The first-order valence-corrected chi connectivity index (χ1v) is 7.63. The van der Waals surface area contributed by atoms with Gasteiger partial charge in [-0.2, -0.15) is 11.8 Å². The van der Waals surface area contributed by atoms with Gasteiger partial charge in [0.15, 0.2) is 0 Å². The predicted molar refractivity (Wildman–Crippen MR) is 76.9 cm³/mol. The summed E-state index contributed by atoms with van der Waals surface area (Å²) in [5, 5.41) is 0. The van der Waals surface area contributed by atoms with Crippen molar-refractivity contribution in [2.45, 2.75) is 12.5 Å². The molecule has 1 amide bonds. The van der Waals surface area contributed by atoms with Crippen molar-refractivity contribution in [2.75, 3.05) is 18.6 Å². The van der Waals surface area contributed by atoms with E-state index in [0.717, 1.165) is 17.9 Å². The molecule has 0 saturated carbocycles. The van der Waals surface area contributed by atoms with Crippen LogP contribution in [0.1, 0.15) is 16.8 Å². The Balaban J connectivity index is 2.18. The Hall–Kier alpha value is -0.300. The Morgan fingerprint density at radius 1 is 1.59 bits per heavy atom. The quantitative estimate of drug-likeness (QED) is 0.751. The van der Waals surface area contributed by atoms with E-state index in [1.165, 1.54) is 12.1 Å². The van der Waals surface area contributed by atoms with Gasteiger partial charge in [0, 0.05) is 22.4 Å². The second-order valence-corrected chi connectivity index (χ2v) is 6.37. The minimum absolute atomic E-state index is 0.0121. The smallest absolute Gasteiger partial charge is 0.254 e. The second kappa shape index (κ2) is 5.56. The fourth-order valence-corrected chi connectivity index (χ4v) is 3.82. The van der Waals surface area contributed by atoms with Crippen LogP contribution in [0.5, 0.6) is 0 Å². The molecule has 2 nitrogen and oxygen atoms in total. The molecule has 1 unspecified atom stereocenters. The zero-order chi connectivity index (χ0) is 12.4. The molecule has 1 aliphatic rings. The molecule has 1 aromatic carbocycles. The molecule has 0 bridgehead atoms. The van der Waals surface area contributed by atoms with Crippen LogP contribution in [0.2, 0.25) is 0 Å². The summed E-state index contributed by atoms with van der Waals surface area (Å²) in [4.78, 5) is 14.0. The molecule has 5 heteroatoms. The molecule has 1 aliphatic heterocycles. The fraction of sp³-hybridized carbons (Fsp3) is 0.417. The summed E-state index contributed by atoms with van der Waals surface area (Å²) in [5.41, 5.74) is 0.589. The summed E-state index contributed by atoms with van der Waals surface area (Å²) in [6.45, 7) is 0. The number of amides is 1. The number of hydrogen-bond donors (Lipinski definition) is 0. The molecule has 0 N–H and O–H groups in total. The number of halogens is 2. The van der Waals surface area contributed by atoms with Crippen molar-refractivity contribution in [1.82, 2.24) is 4.90 Å². The molecule has 1 atom stereocenters. The molecule has 92 valence electrons. The van der Waals surface area contributed by atoms with Crippen LogP contribution in [0.3, 0.4) is 0 Å². The Morgan fingerprint density at radius 2 is 2.35 bits per heavy atom. The highest BCUT2D eigenvalue weighted by atomic mass is 127. The predicted octanol–water partition coefficient (Wildman–Crippen LogP) is 3.01. The van der Waals surface area contributed by atoms with Gasteiger partial charge < -0.3 is 4.90 Å². The van der Waals surface area contributed by atoms with Gasteiger partial charge in [0.05, 0.1) is 5.56 Å². The van der Waals surface area contributed by atoms with Gasteiger partial charge in [0.1, 0.15) is 5.82 Å². The van der Waals surface area contributed by atoms with Crippen LogP contribution >= 0.6 is 34.4 Å². The van der Waals surface area contributed by atoms with E-state index in [2.05, 4.69) is 0 Å². The number of carbonyl (C=O) groups is 1. The first-order valence-electron chi connectivity index (χ1n) is 5.39. The Labute approximate surface area is 118 Å². The molecule has 17 heavy (non-hydrogen) atoms. The summed E-state index contributed by atoms with van der Waals surface area (Å²) in [6, 6.07) is 4.61. The maximum absolute atomic E-state index is 13.0. The van der Waals surface area contributed by atoms with Crippen LogP contribution < -0.4 is 0 Å². The van der Waals surface area contributed by atoms with Gasteiger partial charge in [0.2, 0.25) is 0 Å². The number of hydrogen-bond acceptors (Lipinski definition) is 2. The monoisotopic (exact) mass is 365 g/mol. The summed E-state index contributed by atoms with van der Waals surface area (Å²) in [6.07, 6.45) is 1.05. The molecular formula is C12H13FINOS. The molecule has 0 radical (unpaired) electrons. The van der Waals surface area contributed by atoms with Crippen LogP contribution in [0.15, 0.2) is 18.2 Å². The number of carbonyl (C=O) groups excluding carboxylic acids is 1. The third-order valence-electron chi connectivity index (χ3n) is 2.94. The zero-order valence-electron chi connectivity index (χ0n) is 9.45. The minimum Gasteiger partial charge on any atom is -0.338 e. The number of benzene rings is 1. The van der Waals surface area contributed by atoms with Crippen LogP contribution in [0, 0.1) is 9.39 Å². The van der Waals surface area contributed by atoms with Gasteiger partial charge in [0.25, 0.3) is 5.91 Å². The van der Waals surface area contributed by atoms with E-state index in [-0.39, 0.29) is 11.7 Å². The van der Waals surface area contributed by atoms with E-state index in [1.807, 2.05) is 41.4 Å². The average molecular weight is 365 g/mol. The lowest BCUT2D eigenvalue weighted by Gasteiger charge is -2.24. The standard InChI is InChI=1S/C12H13FINOS/c1-15(9-4-5-17-7-9)12(16)10-3-2-8(13)6-11(10)14/h2-3,6,9H,4-5,7H2,1H3. The summed E-state index contributed by atoms with van der Waals surface area (Å²) < 4.78 is 13.7. The molecule has 1 aromatic rings. The van der Waals surface area contributed by atoms with Gasteiger partial charge >= 0.3 is 0 Å². The minimum atomic E-state index is -0.301. The number of nitrogens with zero attached hydrogens (tertiary/aromatic N) is 1. The summed E-state index contributed by atoms with van der Waals surface area (Å²) in [5.74, 6) is 1.80. The maximum Gasteiger partial charge on any atom is 0.254 e.